The molecule has 1 unspecified atom stereocenters. The summed E-state index contributed by atoms with van der Waals surface area (Å²) in [6.07, 6.45) is 4.64. The number of ketones is 1. The van der Waals surface area contributed by atoms with Crippen molar-refractivity contribution in [3.8, 4) is 0 Å². The van der Waals surface area contributed by atoms with Gasteiger partial charge in [-0.25, -0.2) is 0 Å². The average Bonchev–Trinajstić information content (AvgIpc) is 3.28. The van der Waals surface area contributed by atoms with E-state index in [4.69, 9.17) is 4.43 Å². The van der Waals surface area contributed by atoms with Crippen molar-refractivity contribution in [1.82, 2.24) is 4.98 Å². The summed E-state index contributed by atoms with van der Waals surface area (Å²) in [5, 5.41) is 5.22. The van der Waals surface area contributed by atoms with Crippen molar-refractivity contribution < 1.29 is 9.22 Å². The number of carbonyl (C=O) groups is 1. The van der Waals surface area contributed by atoms with E-state index >= 15 is 0 Å². The molecule has 2 heterocycles. The topological polar surface area (TPSA) is 51.2 Å². The summed E-state index contributed by atoms with van der Waals surface area (Å²) in [6, 6.07) is 8.38. The van der Waals surface area contributed by atoms with Gasteiger partial charge < -0.3 is 9.74 Å². The molecule has 7 heteroatoms. The second-order valence-corrected chi connectivity index (χ2v) is 25.0. The highest BCUT2D eigenvalue weighted by Gasteiger charge is 2.48. The van der Waals surface area contributed by atoms with Crippen molar-refractivity contribution in [3.05, 3.63) is 52.7 Å². The number of nitrogens with zero attached hydrogens (tertiary/aromatic N) is 1. The Labute approximate surface area is 223 Å². The van der Waals surface area contributed by atoms with Crippen LogP contribution in [0.3, 0.4) is 0 Å². The van der Waals surface area contributed by atoms with Crippen LogP contribution in [0.1, 0.15) is 62.3 Å². The molecular formula is C29H42N2O2SSi2. The van der Waals surface area contributed by atoms with Crippen molar-refractivity contribution in [1.29, 1.82) is 0 Å². The lowest BCUT2D eigenvalue weighted by Crippen LogP contribution is -2.44. The van der Waals surface area contributed by atoms with E-state index in [1.165, 1.54) is 15.8 Å². The van der Waals surface area contributed by atoms with Crippen LogP contribution in [-0.4, -0.2) is 27.2 Å². The maximum absolute atomic E-state index is 13.4. The molecule has 3 aromatic rings. The number of thiophene rings is 1. The third kappa shape index (κ3) is 4.87. The van der Waals surface area contributed by atoms with Gasteiger partial charge in [0.25, 0.3) is 0 Å². The summed E-state index contributed by atoms with van der Waals surface area (Å²) in [5.74, 6) is 0.346. The fraction of sp³-hybridized carbons (Fsp3) is 0.517. The van der Waals surface area contributed by atoms with Gasteiger partial charge in [-0.05, 0) is 59.4 Å². The average molecular weight is 539 g/mol. The lowest BCUT2D eigenvalue weighted by molar-refractivity contribution is 0.0990. The lowest BCUT2D eigenvalue weighted by Gasteiger charge is -2.41. The van der Waals surface area contributed by atoms with Crippen molar-refractivity contribution in [2.75, 3.05) is 5.32 Å². The van der Waals surface area contributed by atoms with E-state index < -0.39 is 16.4 Å². The van der Waals surface area contributed by atoms with E-state index in [1.807, 2.05) is 18.5 Å². The third-order valence-electron chi connectivity index (χ3n) is 9.12. The van der Waals surface area contributed by atoms with Gasteiger partial charge in [0.05, 0.1) is 29.9 Å². The molecule has 0 saturated heterocycles. The number of pyridine rings is 1. The first-order valence-corrected chi connectivity index (χ1v) is 19.8. The van der Waals surface area contributed by atoms with Crippen molar-refractivity contribution in [3.63, 3.8) is 0 Å². The van der Waals surface area contributed by atoms with E-state index in [2.05, 4.69) is 96.2 Å². The van der Waals surface area contributed by atoms with Gasteiger partial charge >= 0.3 is 0 Å². The van der Waals surface area contributed by atoms with Crippen LogP contribution in [0.4, 0.5) is 11.4 Å². The summed E-state index contributed by atoms with van der Waals surface area (Å²) >= 11 is 1.75. The molecule has 0 radical (unpaired) electrons. The fourth-order valence-electron chi connectivity index (χ4n) is 4.53. The Bertz CT molecular complexity index is 1300. The van der Waals surface area contributed by atoms with Crippen LogP contribution in [0.2, 0.25) is 41.8 Å². The van der Waals surface area contributed by atoms with E-state index in [-0.39, 0.29) is 15.6 Å². The molecule has 0 amide bonds. The van der Waals surface area contributed by atoms with Crippen molar-refractivity contribution in [2.45, 2.75) is 96.4 Å². The van der Waals surface area contributed by atoms with Gasteiger partial charge in [-0.1, -0.05) is 54.6 Å². The van der Waals surface area contributed by atoms with Gasteiger partial charge in [0, 0.05) is 34.6 Å². The second kappa shape index (κ2) is 9.19. The van der Waals surface area contributed by atoms with Crippen LogP contribution in [0.25, 0.3) is 10.1 Å². The molecule has 1 N–H and O–H groups in total. The Morgan fingerprint density at radius 3 is 2.39 bits per heavy atom. The maximum Gasteiger partial charge on any atom is 0.192 e. The molecule has 4 rings (SSSR count). The number of rotatable bonds is 6. The fourth-order valence-corrected chi connectivity index (χ4v) is 9.20. The number of aromatic nitrogens is 1. The quantitative estimate of drug-likeness (QED) is 0.318. The number of Topliss-reactive ketones (excluding diaryl/α,β-unsaturated/α-hetero) is 1. The summed E-state index contributed by atoms with van der Waals surface area (Å²) in [5.41, 5.74) is 4.37. The standard InChI is InChI=1S/C29H42N2O2SSi2/c1-28(2,3)35(7,8)25-16-19-15-20(11-12-21(19)27(25)32)31-26-22-13-14-30-17-23(22)34-24(26)18-33-36(9,10)29(4,5)6/h11-15,17,25,31H,16,18H2,1-10H3. The Balaban J connectivity index is 1.64. The molecule has 194 valence electrons. The molecule has 1 aliphatic carbocycles. The van der Waals surface area contributed by atoms with Crippen LogP contribution >= 0.6 is 11.3 Å². The Morgan fingerprint density at radius 2 is 1.75 bits per heavy atom. The predicted octanol–water partition coefficient (Wildman–Crippen LogP) is 9.18. The number of carbonyl (C=O) groups excluding carboxylic acids is 1. The highest BCUT2D eigenvalue weighted by molar-refractivity contribution is 7.19. The minimum Gasteiger partial charge on any atom is -0.412 e. The van der Waals surface area contributed by atoms with Gasteiger partial charge in [-0.2, -0.15) is 0 Å². The monoisotopic (exact) mass is 538 g/mol. The molecule has 1 aromatic carbocycles. The number of fused-ring (bicyclic) bond motifs is 2. The molecule has 36 heavy (non-hydrogen) atoms. The largest absolute Gasteiger partial charge is 0.412 e. The summed E-state index contributed by atoms with van der Waals surface area (Å²) in [7, 11) is -3.68. The molecule has 0 saturated carbocycles. The Morgan fingerprint density at radius 1 is 1.06 bits per heavy atom. The van der Waals surface area contributed by atoms with E-state index in [9.17, 15) is 4.79 Å². The minimum atomic E-state index is -1.88. The predicted molar refractivity (Wildman–Crippen MR) is 160 cm³/mol. The zero-order chi connectivity index (χ0) is 26.7. The Hall–Kier alpha value is -1.81. The zero-order valence-corrected chi connectivity index (χ0v) is 26.4. The number of anilines is 2. The second-order valence-electron chi connectivity index (χ2n) is 13.4. The van der Waals surface area contributed by atoms with Crippen molar-refractivity contribution in [2.24, 2.45) is 0 Å². The van der Waals surface area contributed by atoms with E-state index in [0.29, 0.717) is 12.4 Å². The first-order valence-electron chi connectivity index (χ1n) is 13.0. The van der Waals surface area contributed by atoms with Gasteiger partial charge in [-0.15, -0.1) is 11.3 Å². The molecular weight excluding hydrogens is 497 g/mol. The van der Waals surface area contributed by atoms with Crippen LogP contribution in [0.15, 0.2) is 36.7 Å². The molecule has 0 aliphatic heterocycles. The van der Waals surface area contributed by atoms with Gasteiger partial charge in [-0.3, -0.25) is 9.78 Å². The summed E-state index contributed by atoms with van der Waals surface area (Å²) in [4.78, 5) is 18.9. The Kier molecular flexibility index (Phi) is 6.95. The molecule has 0 fully saturated rings. The number of hydrogen-bond donors (Lipinski definition) is 1. The van der Waals surface area contributed by atoms with Gasteiger partial charge in [0.15, 0.2) is 14.1 Å². The van der Waals surface area contributed by atoms with Gasteiger partial charge in [0.1, 0.15) is 0 Å². The highest BCUT2D eigenvalue weighted by Crippen LogP contribution is 2.49. The van der Waals surface area contributed by atoms with Gasteiger partial charge in [0.2, 0.25) is 0 Å². The van der Waals surface area contributed by atoms with Crippen LogP contribution < -0.4 is 5.32 Å². The molecule has 2 aromatic heterocycles. The number of benzene rings is 1. The van der Waals surface area contributed by atoms with E-state index in [1.54, 1.807) is 11.3 Å². The van der Waals surface area contributed by atoms with Crippen molar-refractivity contribution >= 4 is 55.0 Å². The summed E-state index contributed by atoms with van der Waals surface area (Å²) in [6.45, 7) is 23.7. The maximum atomic E-state index is 13.4. The lowest BCUT2D eigenvalue weighted by atomic mass is 10.1. The summed E-state index contributed by atoms with van der Waals surface area (Å²) < 4.78 is 7.76. The normalized spacial score (nSPS) is 17.1. The van der Waals surface area contributed by atoms with Crippen LogP contribution in [0.5, 0.6) is 0 Å². The molecule has 4 nitrogen and oxygen atoms in total. The minimum absolute atomic E-state index is 0.143. The SMILES string of the molecule is CC(C)(C)[Si](C)(C)OCc1sc2cnccc2c1Nc1ccc2c(c1)CC([Si](C)(C)C(C)(C)C)C2=O. The molecule has 0 spiro atoms. The first-order chi connectivity index (χ1) is 16.5. The van der Waals surface area contributed by atoms with Crippen LogP contribution in [0, 0.1) is 0 Å². The third-order valence-corrected chi connectivity index (χ3v) is 20.8. The highest BCUT2D eigenvalue weighted by atomic mass is 32.1. The van der Waals surface area contributed by atoms with Crippen LogP contribution in [-0.2, 0) is 17.5 Å². The van der Waals surface area contributed by atoms with E-state index in [0.717, 1.165) is 28.1 Å². The number of nitrogens with one attached hydrogen (secondary N) is 1. The molecule has 0 bridgehead atoms. The molecule has 1 aliphatic rings. The number of hydrogen-bond acceptors (Lipinski definition) is 5. The first kappa shape index (κ1) is 27.2. The zero-order valence-electron chi connectivity index (χ0n) is 23.6. The smallest absolute Gasteiger partial charge is 0.192 e. The molecule has 1 atom stereocenters.